The molecule has 0 aliphatic carbocycles. The van der Waals surface area contributed by atoms with Gasteiger partial charge >= 0.3 is 5.97 Å². The molecule has 2 rings (SSSR count). The SMILES string of the molecule is O=C(OCC(=O)c1ccc[nH]1)c1ccccn1. The number of Topliss-reactive ketones (excluding diaryl/α,β-unsaturated/α-hetero) is 1. The fourth-order valence-corrected chi connectivity index (χ4v) is 1.27. The lowest BCUT2D eigenvalue weighted by molar-refractivity contribution is 0.0468. The number of hydrogen-bond acceptors (Lipinski definition) is 4. The number of hydrogen-bond donors (Lipinski definition) is 1. The first kappa shape index (κ1) is 11.1. The van der Waals surface area contributed by atoms with Gasteiger partial charge in [-0.25, -0.2) is 9.78 Å². The number of pyridine rings is 1. The summed E-state index contributed by atoms with van der Waals surface area (Å²) >= 11 is 0. The van der Waals surface area contributed by atoms with E-state index in [0.717, 1.165) is 0 Å². The van der Waals surface area contributed by atoms with E-state index in [0.29, 0.717) is 5.69 Å². The van der Waals surface area contributed by atoms with E-state index in [1.165, 1.54) is 12.3 Å². The zero-order valence-corrected chi connectivity index (χ0v) is 8.92. The van der Waals surface area contributed by atoms with Gasteiger partial charge in [0.1, 0.15) is 5.69 Å². The number of ketones is 1. The second-order valence-corrected chi connectivity index (χ2v) is 3.30. The standard InChI is InChI=1S/C12H10N2O3/c15-11(9-5-3-7-13-9)8-17-12(16)10-4-1-2-6-14-10/h1-7,13H,8H2. The van der Waals surface area contributed by atoms with E-state index in [1.54, 1.807) is 30.5 Å². The highest BCUT2D eigenvalue weighted by molar-refractivity contribution is 5.97. The number of aromatic nitrogens is 2. The fraction of sp³-hybridized carbons (Fsp3) is 0.0833. The first-order valence-corrected chi connectivity index (χ1v) is 5.02. The smallest absolute Gasteiger partial charge is 0.357 e. The van der Waals surface area contributed by atoms with Crippen molar-refractivity contribution < 1.29 is 14.3 Å². The summed E-state index contributed by atoms with van der Waals surface area (Å²) in [7, 11) is 0. The van der Waals surface area contributed by atoms with Gasteiger partial charge < -0.3 is 9.72 Å². The van der Waals surface area contributed by atoms with Crippen LogP contribution in [-0.2, 0) is 4.74 Å². The van der Waals surface area contributed by atoms with Crippen LogP contribution in [0.4, 0.5) is 0 Å². The van der Waals surface area contributed by atoms with Crippen molar-refractivity contribution in [2.24, 2.45) is 0 Å². The highest BCUT2D eigenvalue weighted by Gasteiger charge is 2.12. The van der Waals surface area contributed by atoms with Crippen LogP contribution in [0, 0.1) is 0 Å². The Morgan fingerprint density at radius 3 is 2.76 bits per heavy atom. The Kier molecular flexibility index (Phi) is 3.30. The Morgan fingerprint density at radius 1 is 1.24 bits per heavy atom. The highest BCUT2D eigenvalue weighted by Crippen LogP contribution is 2.00. The van der Waals surface area contributed by atoms with Crippen LogP contribution in [-0.4, -0.2) is 28.3 Å². The average molecular weight is 230 g/mol. The molecule has 0 bridgehead atoms. The largest absolute Gasteiger partial charge is 0.452 e. The minimum atomic E-state index is -0.606. The summed E-state index contributed by atoms with van der Waals surface area (Å²) < 4.78 is 4.84. The van der Waals surface area contributed by atoms with Gasteiger partial charge in [-0.15, -0.1) is 0 Å². The Labute approximate surface area is 97.4 Å². The lowest BCUT2D eigenvalue weighted by atomic mass is 10.3. The number of nitrogens with one attached hydrogen (secondary N) is 1. The molecule has 86 valence electrons. The number of aromatic amines is 1. The Morgan fingerprint density at radius 2 is 2.12 bits per heavy atom. The Bertz CT molecular complexity index is 506. The number of nitrogens with zero attached hydrogens (tertiary/aromatic N) is 1. The summed E-state index contributed by atoms with van der Waals surface area (Å²) in [6.45, 7) is -0.296. The van der Waals surface area contributed by atoms with Gasteiger partial charge in [0.15, 0.2) is 6.61 Å². The molecular weight excluding hydrogens is 220 g/mol. The maximum atomic E-state index is 11.5. The predicted molar refractivity (Wildman–Crippen MR) is 59.6 cm³/mol. The molecule has 17 heavy (non-hydrogen) atoms. The maximum Gasteiger partial charge on any atom is 0.357 e. The maximum absolute atomic E-state index is 11.5. The first-order chi connectivity index (χ1) is 8.27. The van der Waals surface area contributed by atoms with Gasteiger partial charge in [-0.3, -0.25) is 4.79 Å². The Balaban J connectivity index is 1.91. The zero-order valence-electron chi connectivity index (χ0n) is 8.92. The minimum Gasteiger partial charge on any atom is -0.452 e. The summed E-state index contributed by atoms with van der Waals surface area (Å²) in [6, 6.07) is 8.23. The van der Waals surface area contributed by atoms with E-state index in [9.17, 15) is 9.59 Å². The predicted octanol–water partition coefficient (Wildman–Crippen LogP) is 1.45. The third kappa shape index (κ3) is 2.78. The quantitative estimate of drug-likeness (QED) is 0.637. The zero-order chi connectivity index (χ0) is 12.1. The number of carbonyl (C=O) groups excluding carboxylic acids is 2. The summed E-state index contributed by atoms with van der Waals surface area (Å²) in [6.07, 6.45) is 3.12. The van der Waals surface area contributed by atoms with Crippen molar-refractivity contribution in [3.8, 4) is 0 Å². The molecule has 2 aromatic heterocycles. The van der Waals surface area contributed by atoms with Gasteiger partial charge in [-0.1, -0.05) is 6.07 Å². The van der Waals surface area contributed by atoms with Crippen molar-refractivity contribution in [1.29, 1.82) is 0 Å². The molecule has 2 heterocycles. The topological polar surface area (TPSA) is 72.1 Å². The summed E-state index contributed by atoms with van der Waals surface area (Å²) in [5.74, 6) is -0.884. The molecular formula is C12H10N2O3. The van der Waals surface area contributed by atoms with E-state index < -0.39 is 5.97 Å². The van der Waals surface area contributed by atoms with Gasteiger partial charge in [0, 0.05) is 12.4 Å². The molecule has 0 aliphatic heterocycles. The van der Waals surface area contributed by atoms with Gasteiger partial charge in [0.25, 0.3) is 0 Å². The molecule has 0 radical (unpaired) electrons. The van der Waals surface area contributed by atoms with Crippen LogP contribution < -0.4 is 0 Å². The van der Waals surface area contributed by atoms with Gasteiger partial charge in [-0.2, -0.15) is 0 Å². The second kappa shape index (κ2) is 5.07. The molecule has 0 saturated heterocycles. The molecule has 0 atom stereocenters. The molecule has 0 unspecified atom stereocenters. The van der Waals surface area contributed by atoms with Crippen LogP contribution in [0.25, 0.3) is 0 Å². The fourth-order valence-electron chi connectivity index (χ4n) is 1.27. The number of carbonyl (C=O) groups is 2. The molecule has 0 fully saturated rings. The molecule has 1 N–H and O–H groups in total. The first-order valence-electron chi connectivity index (χ1n) is 5.02. The third-order valence-electron chi connectivity index (χ3n) is 2.11. The van der Waals surface area contributed by atoms with Crippen molar-refractivity contribution in [2.75, 3.05) is 6.61 Å². The molecule has 0 aromatic carbocycles. The van der Waals surface area contributed by atoms with Crippen molar-refractivity contribution >= 4 is 11.8 Å². The molecule has 0 amide bonds. The van der Waals surface area contributed by atoms with E-state index in [4.69, 9.17) is 4.74 Å². The van der Waals surface area contributed by atoms with Crippen LogP contribution >= 0.6 is 0 Å². The minimum absolute atomic E-state index is 0.187. The van der Waals surface area contributed by atoms with Crippen molar-refractivity contribution in [2.45, 2.75) is 0 Å². The summed E-state index contributed by atoms with van der Waals surface area (Å²) in [4.78, 5) is 29.6. The van der Waals surface area contributed by atoms with Crippen LogP contribution in [0.3, 0.4) is 0 Å². The molecule has 0 aliphatic rings. The molecule has 5 nitrogen and oxygen atoms in total. The lowest BCUT2D eigenvalue weighted by Crippen LogP contribution is -2.15. The normalized spacial score (nSPS) is 9.88. The van der Waals surface area contributed by atoms with E-state index in [2.05, 4.69) is 9.97 Å². The van der Waals surface area contributed by atoms with Crippen LogP contribution in [0.15, 0.2) is 42.7 Å². The molecule has 5 heteroatoms. The lowest BCUT2D eigenvalue weighted by Gasteiger charge is -2.02. The molecule has 0 saturated carbocycles. The number of esters is 1. The summed E-state index contributed by atoms with van der Waals surface area (Å²) in [5.41, 5.74) is 0.602. The van der Waals surface area contributed by atoms with Crippen molar-refractivity contribution in [3.63, 3.8) is 0 Å². The average Bonchev–Trinajstić information content (AvgIpc) is 2.90. The van der Waals surface area contributed by atoms with E-state index >= 15 is 0 Å². The van der Waals surface area contributed by atoms with Gasteiger partial charge in [-0.05, 0) is 24.3 Å². The molecule has 2 aromatic rings. The van der Waals surface area contributed by atoms with Crippen LogP contribution in [0.1, 0.15) is 21.0 Å². The number of H-pyrrole nitrogens is 1. The van der Waals surface area contributed by atoms with Crippen molar-refractivity contribution in [1.82, 2.24) is 9.97 Å². The van der Waals surface area contributed by atoms with E-state index in [-0.39, 0.29) is 18.1 Å². The number of rotatable bonds is 4. The second-order valence-electron chi connectivity index (χ2n) is 3.30. The highest BCUT2D eigenvalue weighted by atomic mass is 16.5. The van der Waals surface area contributed by atoms with Crippen LogP contribution in [0.2, 0.25) is 0 Å². The van der Waals surface area contributed by atoms with Gasteiger partial charge in [0.2, 0.25) is 5.78 Å². The monoisotopic (exact) mass is 230 g/mol. The van der Waals surface area contributed by atoms with Gasteiger partial charge in [0.05, 0.1) is 5.69 Å². The number of ether oxygens (including phenoxy) is 1. The van der Waals surface area contributed by atoms with Crippen LogP contribution in [0.5, 0.6) is 0 Å². The molecule has 0 spiro atoms. The van der Waals surface area contributed by atoms with Crippen molar-refractivity contribution in [3.05, 3.63) is 54.1 Å². The van der Waals surface area contributed by atoms with E-state index in [1.807, 2.05) is 0 Å². The Hall–Kier alpha value is -2.43. The summed E-state index contributed by atoms with van der Waals surface area (Å²) in [5, 5.41) is 0. The third-order valence-corrected chi connectivity index (χ3v) is 2.11.